The lowest BCUT2D eigenvalue weighted by molar-refractivity contribution is 0.562. The molecule has 0 fully saturated rings. The predicted molar refractivity (Wildman–Crippen MR) is 34.4 cm³/mol. The minimum absolute atomic E-state index is 0.750. The molecule has 0 unspecified atom stereocenters. The Morgan fingerprint density at radius 2 is 1.17 bits per heavy atom. The smallest absolute Gasteiger partial charge is 0.222 e. The van der Waals surface area contributed by atoms with Gasteiger partial charge in [-0.15, -0.1) is 10.2 Å². The molecule has 12 heavy (non-hydrogen) atoms. The fourth-order valence-corrected chi connectivity index (χ4v) is 0.165. The van der Waals surface area contributed by atoms with E-state index in [1.54, 1.807) is 0 Å². The van der Waals surface area contributed by atoms with Gasteiger partial charge in [0.15, 0.2) is 0 Å². The van der Waals surface area contributed by atoms with E-state index in [0.29, 0.717) is 0 Å². The Hall–Kier alpha value is -2.30. The highest BCUT2D eigenvalue weighted by Gasteiger charge is 1.61. The van der Waals surface area contributed by atoms with E-state index in [0.717, 1.165) is 12.2 Å². The Balaban J connectivity index is 0. The van der Waals surface area contributed by atoms with Crippen LogP contribution in [-0.4, -0.2) is 32.8 Å². The molecule has 62 valence electrons. The maximum Gasteiger partial charge on any atom is 0.231 e. The molecule has 8 heteroatoms. The maximum absolute atomic E-state index is 8.35. The van der Waals surface area contributed by atoms with Crippen molar-refractivity contribution in [2.24, 2.45) is 0 Å². The largest absolute Gasteiger partial charge is 0.231 e. The number of nitrogens with one attached hydrogen (secondary N) is 2. The van der Waals surface area contributed by atoms with Crippen molar-refractivity contribution in [1.82, 2.24) is 20.6 Å². The van der Waals surface area contributed by atoms with Gasteiger partial charge in [-0.05, 0) is 10.4 Å². The molecule has 8 nitrogen and oxygen atoms in total. The molecule has 0 atom stereocenters. The summed E-state index contributed by atoms with van der Waals surface area (Å²) in [4.78, 5) is 16.7. The molecule has 0 saturated carbocycles. The van der Waals surface area contributed by atoms with Crippen LogP contribution in [0.1, 0.15) is 0 Å². The second kappa shape index (κ2) is 15.9. The van der Waals surface area contributed by atoms with Gasteiger partial charge >= 0.3 is 0 Å². The summed E-state index contributed by atoms with van der Waals surface area (Å²) in [6.07, 6.45) is 4.43. The van der Waals surface area contributed by atoms with Gasteiger partial charge in [0.1, 0.15) is 0 Å². The van der Waals surface area contributed by atoms with Crippen LogP contribution in [0.25, 0.3) is 0 Å². The molecule has 0 amide bonds. The highest BCUT2D eigenvalue weighted by atomic mass is 16.1. The molecule has 0 radical (unpaired) electrons. The summed E-state index contributed by atoms with van der Waals surface area (Å²) in [5.74, 6) is 0. The Morgan fingerprint density at radius 1 is 0.917 bits per heavy atom. The Labute approximate surface area is 66.7 Å². The van der Waals surface area contributed by atoms with Gasteiger partial charge < -0.3 is 0 Å². The van der Waals surface area contributed by atoms with E-state index in [-0.39, 0.29) is 0 Å². The summed E-state index contributed by atoms with van der Waals surface area (Å²) < 4.78 is 0. The van der Waals surface area contributed by atoms with Gasteiger partial charge in [0.2, 0.25) is 12.2 Å². The second-order valence-corrected chi connectivity index (χ2v) is 0.912. The zero-order valence-electron chi connectivity index (χ0n) is 5.76. The van der Waals surface area contributed by atoms with Gasteiger partial charge in [0.25, 0.3) is 0 Å². The summed E-state index contributed by atoms with van der Waals surface area (Å²) in [5.41, 5.74) is 0. The molecule has 0 bridgehead atoms. The first kappa shape index (κ1) is 12.4. The third-order valence-corrected chi connectivity index (χ3v) is 0.343. The molecular weight excluding hydrogens is 164 g/mol. The van der Waals surface area contributed by atoms with Crippen LogP contribution >= 0.6 is 0 Å². The van der Waals surface area contributed by atoms with E-state index in [4.69, 9.17) is 20.4 Å². The van der Waals surface area contributed by atoms with Gasteiger partial charge in [-0.3, -0.25) is 0 Å². The van der Waals surface area contributed by atoms with Crippen molar-refractivity contribution in [3.8, 4) is 0 Å². The molecule has 1 aromatic rings. The van der Waals surface area contributed by atoms with Crippen LogP contribution < -0.4 is 0 Å². The van der Waals surface area contributed by atoms with E-state index < -0.39 is 0 Å². The molecule has 0 aliphatic heterocycles. The summed E-state index contributed by atoms with van der Waals surface area (Å²) >= 11 is 0. The number of nitrogens with zero attached hydrogens (tertiary/aromatic N) is 4. The monoisotopic (exact) mass is 168 g/mol. The van der Waals surface area contributed by atoms with Gasteiger partial charge in [-0.1, -0.05) is 0 Å². The minimum Gasteiger partial charge on any atom is -0.222 e. The van der Waals surface area contributed by atoms with E-state index in [9.17, 15) is 0 Å². The molecule has 0 aliphatic carbocycles. The Morgan fingerprint density at radius 3 is 1.25 bits per heavy atom. The lowest BCUT2D eigenvalue weighted by Crippen LogP contribution is -1.84. The van der Waals surface area contributed by atoms with Crippen LogP contribution in [0.3, 0.4) is 0 Å². The minimum atomic E-state index is 0.750. The number of carbonyl (C=O) groups excluding carboxylic acids is 2. The topological polar surface area (TPSA) is 133 Å². The maximum atomic E-state index is 8.35. The van der Waals surface area contributed by atoms with Gasteiger partial charge in [0.05, 0.1) is 12.4 Å². The molecule has 0 aliphatic rings. The second-order valence-electron chi connectivity index (χ2n) is 0.912. The summed E-state index contributed by atoms with van der Waals surface area (Å²) in [6, 6.07) is 0. The highest BCUT2D eigenvalue weighted by Crippen LogP contribution is 1.53. The van der Waals surface area contributed by atoms with Crippen LogP contribution in [0, 0.1) is 10.8 Å². The van der Waals surface area contributed by atoms with E-state index in [1.165, 1.54) is 12.4 Å². The van der Waals surface area contributed by atoms with Gasteiger partial charge in [-0.2, -0.15) is 0 Å². The van der Waals surface area contributed by atoms with Crippen molar-refractivity contribution in [2.75, 3.05) is 0 Å². The number of rotatable bonds is 0. The SMILES string of the molecule is N=C=O.N=C=O.c1cnnnn1. The molecule has 2 N–H and O–H groups in total. The molecule has 1 rings (SSSR count). The predicted octanol–water partition coefficient (Wildman–Crippen LogP) is -0.931. The number of hydrogen-bond acceptors (Lipinski definition) is 8. The fourth-order valence-electron chi connectivity index (χ4n) is 0.165. The van der Waals surface area contributed by atoms with E-state index in [2.05, 4.69) is 20.6 Å². The molecule has 0 aromatic carbocycles. The summed E-state index contributed by atoms with van der Waals surface area (Å²) in [7, 11) is 0. The Kier molecular flexibility index (Phi) is 16.4. The third kappa shape index (κ3) is 25.2. The third-order valence-electron chi connectivity index (χ3n) is 0.343. The quantitative estimate of drug-likeness (QED) is 0.379. The first-order valence-electron chi connectivity index (χ1n) is 2.36. The average molecular weight is 168 g/mol. The van der Waals surface area contributed by atoms with Crippen molar-refractivity contribution in [1.29, 1.82) is 10.8 Å². The van der Waals surface area contributed by atoms with Crippen LogP contribution in [-0.2, 0) is 9.59 Å². The highest BCUT2D eigenvalue weighted by molar-refractivity contribution is 5.26. The standard InChI is InChI=1S/C2H2N4.2CHNO/c1-2-4-6-5-3-1;2*2-1-3/h1-2H;2*2H. The van der Waals surface area contributed by atoms with Crippen LogP contribution in [0.4, 0.5) is 0 Å². The number of aromatic nitrogens is 4. The molecule has 0 spiro atoms. The summed E-state index contributed by atoms with van der Waals surface area (Å²) in [5, 5.41) is 23.9. The zero-order valence-corrected chi connectivity index (χ0v) is 5.76. The van der Waals surface area contributed by atoms with Gasteiger partial charge in [0, 0.05) is 0 Å². The van der Waals surface area contributed by atoms with Crippen LogP contribution in [0.15, 0.2) is 12.4 Å². The van der Waals surface area contributed by atoms with Crippen molar-refractivity contribution in [3.63, 3.8) is 0 Å². The first-order valence-corrected chi connectivity index (χ1v) is 2.36. The van der Waals surface area contributed by atoms with Crippen molar-refractivity contribution in [2.45, 2.75) is 0 Å². The van der Waals surface area contributed by atoms with Crippen LogP contribution in [0.5, 0.6) is 0 Å². The van der Waals surface area contributed by atoms with Gasteiger partial charge in [-0.25, -0.2) is 20.4 Å². The number of isocyanates is 2. The summed E-state index contributed by atoms with van der Waals surface area (Å²) in [6.45, 7) is 0. The fraction of sp³-hybridized carbons (Fsp3) is 0. The first-order chi connectivity index (χ1) is 5.83. The normalized spacial score (nSPS) is 5.33. The molecule has 0 saturated heterocycles. The van der Waals surface area contributed by atoms with Crippen LogP contribution in [0.2, 0.25) is 0 Å². The van der Waals surface area contributed by atoms with Crippen molar-refractivity contribution >= 4 is 12.2 Å². The molecule has 1 aromatic heterocycles. The van der Waals surface area contributed by atoms with Crippen molar-refractivity contribution < 1.29 is 9.59 Å². The zero-order chi connectivity index (χ0) is 9.66. The number of hydrogen-bond donors (Lipinski definition) is 2. The average Bonchev–Trinajstić information content (AvgIpc) is 2.10. The molecular formula is C4H4N6O2. The lowest BCUT2D eigenvalue weighted by Gasteiger charge is -1.67. The van der Waals surface area contributed by atoms with E-state index >= 15 is 0 Å². The lowest BCUT2D eigenvalue weighted by atomic mass is 11.0. The molecule has 1 heterocycles. The van der Waals surface area contributed by atoms with Crippen molar-refractivity contribution in [3.05, 3.63) is 12.4 Å². The van der Waals surface area contributed by atoms with E-state index in [1.807, 2.05) is 0 Å². The Bertz CT molecular complexity index is 198.